The zero-order valence-electron chi connectivity index (χ0n) is 11.8. The predicted octanol–water partition coefficient (Wildman–Crippen LogP) is 3.93. The second-order valence-corrected chi connectivity index (χ2v) is 5.58. The molecule has 6 heteroatoms. The van der Waals surface area contributed by atoms with E-state index >= 15 is 0 Å². The number of thiophene rings is 1. The van der Waals surface area contributed by atoms with Crippen molar-refractivity contribution in [2.24, 2.45) is 4.99 Å². The van der Waals surface area contributed by atoms with Gasteiger partial charge in [0, 0.05) is 25.2 Å². The van der Waals surface area contributed by atoms with Gasteiger partial charge >= 0.3 is 0 Å². The van der Waals surface area contributed by atoms with E-state index in [0.29, 0.717) is 0 Å². The first kappa shape index (κ1) is 18.3. The number of benzene rings is 1. The highest BCUT2D eigenvalue weighted by Crippen LogP contribution is 2.10. The Hall–Kier alpha value is -0.790. The van der Waals surface area contributed by atoms with E-state index in [2.05, 4.69) is 38.5 Å². The minimum atomic E-state index is 0. The monoisotopic (exact) mass is 435 g/mol. The van der Waals surface area contributed by atoms with E-state index in [-0.39, 0.29) is 24.0 Å². The van der Waals surface area contributed by atoms with E-state index < -0.39 is 0 Å². The molecule has 0 saturated heterocycles. The van der Waals surface area contributed by atoms with Crippen molar-refractivity contribution in [3.05, 3.63) is 57.2 Å². The van der Waals surface area contributed by atoms with E-state index in [9.17, 15) is 0 Å². The first-order valence-corrected chi connectivity index (χ1v) is 7.80. The molecule has 0 unspecified atom stereocenters. The van der Waals surface area contributed by atoms with Crippen LogP contribution in [0.1, 0.15) is 11.1 Å². The van der Waals surface area contributed by atoms with Gasteiger partial charge in [-0.1, -0.05) is 23.7 Å². The van der Waals surface area contributed by atoms with Crippen molar-refractivity contribution >= 4 is 52.9 Å². The number of halogens is 2. The van der Waals surface area contributed by atoms with Crippen molar-refractivity contribution < 1.29 is 0 Å². The molecule has 2 rings (SSSR count). The van der Waals surface area contributed by atoms with Crippen molar-refractivity contribution in [3.63, 3.8) is 0 Å². The highest BCUT2D eigenvalue weighted by molar-refractivity contribution is 14.0. The summed E-state index contributed by atoms with van der Waals surface area (Å²) in [6.45, 7) is 1.62. The molecule has 0 bridgehead atoms. The molecule has 0 aliphatic heterocycles. The first-order chi connectivity index (χ1) is 9.78. The number of guanidine groups is 1. The van der Waals surface area contributed by atoms with Gasteiger partial charge in [-0.2, -0.15) is 11.3 Å². The molecule has 0 aliphatic rings. The minimum Gasteiger partial charge on any atom is -0.356 e. The smallest absolute Gasteiger partial charge is 0.191 e. The molecule has 2 aromatic rings. The number of nitrogens with zero attached hydrogens (tertiary/aromatic N) is 1. The molecule has 0 fully saturated rings. The molecule has 0 amide bonds. The van der Waals surface area contributed by atoms with Crippen LogP contribution in [0.2, 0.25) is 5.02 Å². The van der Waals surface area contributed by atoms with Gasteiger partial charge in [0.15, 0.2) is 5.96 Å². The Kier molecular flexibility index (Phi) is 8.72. The Labute approximate surface area is 151 Å². The highest BCUT2D eigenvalue weighted by atomic mass is 127. The van der Waals surface area contributed by atoms with Gasteiger partial charge in [-0.25, -0.2) is 0 Å². The zero-order chi connectivity index (χ0) is 14.2. The summed E-state index contributed by atoms with van der Waals surface area (Å²) in [5.74, 6) is 0.818. The Bertz CT molecular complexity index is 558. The number of aliphatic imine (C=N–C) groups is 1. The van der Waals surface area contributed by atoms with Crippen LogP contribution in [0.5, 0.6) is 0 Å². The van der Waals surface area contributed by atoms with Crippen molar-refractivity contribution in [2.75, 3.05) is 13.6 Å². The summed E-state index contributed by atoms with van der Waals surface area (Å²) < 4.78 is 0. The standard InChI is InChI=1S/C15H18ClN3S.HI/c1-17-15(19-10-13-6-8-20-11-13)18-7-5-12-3-2-4-14(16)9-12;/h2-4,6,8-9,11H,5,7,10H2,1H3,(H2,17,18,19);1H. The first-order valence-electron chi connectivity index (χ1n) is 6.48. The Morgan fingerprint density at radius 2 is 2.10 bits per heavy atom. The van der Waals surface area contributed by atoms with Gasteiger partial charge in [0.05, 0.1) is 0 Å². The van der Waals surface area contributed by atoms with Crippen LogP contribution in [-0.2, 0) is 13.0 Å². The Morgan fingerprint density at radius 3 is 2.76 bits per heavy atom. The summed E-state index contributed by atoms with van der Waals surface area (Å²) in [6.07, 6.45) is 0.916. The van der Waals surface area contributed by atoms with E-state index in [1.807, 2.05) is 18.2 Å². The Morgan fingerprint density at radius 1 is 1.24 bits per heavy atom. The molecule has 2 N–H and O–H groups in total. The molecule has 1 aromatic carbocycles. The topological polar surface area (TPSA) is 36.4 Å². The third-order valence-electron chi connectivity index (χ3n) is 2.86. The number of nitrogens with one attached hydrogen (secondary N) is 2. The van der Waals surface area contributed by atoms with Crippen molar-refractivity contribution in [3.8, 4) is 0 Å². The maximum atomic E-state index is 5.96. The number of hydrogen-bond donors (Lipinski definition) is 2. The molecule has 1 aromatic heterocycles. The molecule has 21 heavy (non-hydrogen) atoms. The maximum Gasteiger partial charge on any atom is 0.191 e. The number of hydrogen-bond acceptors (Lipinski definition) is 2. The molecule has 0 saturated carbocycles. The summed E-state index contributed by atoms with van der Waals surface area (Å²) in [7, 11) is 1.78. The van der Waals surface area contributed by atoms with Crippen molar-refractivity contribution in [1.29, 1.82) is 0 Å². The lowest BCUT2D eigenvalue weighted by molar-refractivity contribution is 0.796. The normalized spacial score (nSPS) is 10.9. The van der Waals surface area contributed by atoms with Crippen molar-refractivity contribution in [2.45, 2.75) is 13.0 Å². The average Bonchev–Trinajstić information content (AvgIpc) is 2.96. The lowest BCUT2D eigenvalue weighted by Gasteiger charge is -2.11. The molecular weight excluding hydrogens is 417 g/mol. The van der Waals surface area contributed by atoms with Gasteiger partial charge in [-0.05, 0) is 46.5 Å². The van der Waals surface area contributed by atoms with Crippen LogP contribution < -0.4 is 10.6 Å². The quantitative estimate of drug-likeness (QED) is 0.424. The number of rotatable bonds is 5. The molecule has 0 atom stereocenters. The van der Waals surface area contributed by atoms with Gasteiger partial charge in [-0.3, -0.25) is 4.99 Å². The molecular formula is C15H19ClIN3S. The largest absolute Gasteiger partial charge is 0.356 e. The van der Waals surface area contributed by atoms with Gasteiger partial charge < -0.3 is 10.6 Å². The van der Waals surface area contributed by atoms with Crippen LogP contribution in [0.25, 0.3) is 0 Å². The van der Waals surface area contributed by atoms with Crippen molar-refractivity contribution in [1.82, 2.24) is 10.6 Å². The molecule has 0 spiro atoms. The molecule has 3 nitrogen and oxygen atoms in total. The summed E-state index contributed by atoms with van der Waals surface area (Å²) in [6, 6.07) is 10.0. The van der Waals surface area contributed by atoms with E-state index in [4.69, 9.17) is 11.6 Å². The molecule has 114 valence electrons. The predicted molar refractivity (Wildman–Crippen MR) is 103 cm³/mol. The van der Waals surface area contributed by atoms with Gasteiger partial charge in [0.1, 0.15) is 0 Å². The third kappa shape index (κ3) is 6.67. The third-order valence-corrected chi connectivity index (χ3v) is 3.83. The lowest BCUT2D eigenvalue weighted by Crippen LogP contribution is -2.37. The maximum absolute atomic E-state index is 5.96. The van der Waals surface area contributed by atoms with Gasteiger partial charge in [0.25, 0.3) is 0 Å². The SMILES string of the molecule is CN=C(NCCc1cccc(Cl)c1)NCc1ccsc1.I. The zero-order valence-corrected chi connectivity index (χ0v) is 15.7. The fraction of sp³-hybridized carbons (Fsp3) is 0.267. The fourth-order valence-corrected chi connectivity index (χ4v) is 2.70. The van der Waals surface area contributed by atoms with Crippen LogP contribution in [-0.4, -0.2) is 19.6 Å². The second-order valence-electron chi connectivity index (χ2n) is 4.36. The molecule has 0 radical (unpaired) electrons. The van der Waals surface area contributed by atoms with E-state index in [1.165, 1.54) is 11.1 Å². The minimum absolute atomic E-state index is 0. The Balaban J connectivity index is 0.00000220. The van der Waals surface area contributed by atoms with Gasteiger partial charge in [0.2, 0.25) is 0 Å². The van der Waals surface area contributed by atoms with E-state index in [1.54, 1.807) is 18.4 Å². The summed E-state index contributed by atoms with van der Waals surface area (Å²) in [4.78, 5) is 4.21. The summed E-state index contributed by atoms with van der Waals surface area (Å²) in [5.41, 5.74) is 2.49. The van der Waals surface area contributed by atoms with Gasteiger partial charge in [-0.15, -0.1) is 24.0 Å². The van der Waals surface area contributed by atoms with Crippen LogP contribution in [0.4, 0.5) is 0 Å². The highest BCUT2D eigenvalue weighted by Gasteiger charge is 1.99. The summed E-state index contributed by atoms with van der Waals surface area (Å²) in [5, 5.41) is 11.6. The van der Waals surface area contributed by atoms with Crippen LogP contribution in [0.3, 0.4) is 0 Å². The van der Waals surface area contributed by atoms with Crippen LogP contribution >= 0.6 is 46.9 Å². The van der Waals surface area contributed by atoms with E-state index in [0.717, 1.165) is 30.5 Å². The lowest BCUT2D eigenvalue weighted by atomic mass is 10.1. The van der Waals surface area contributed by atoms with Crippen LogP contribution in [0, 0.1) is 0 Å². The second kappa shape index (κ2) is 10.0. The average molecular weight is 436 g/mol. The van der Waals surface area contributed by atoms with Crippen LogP contribution in [0.15, 0.2) is 46.1 Å². The molecule has 1 heterocycles. The summed E-state index contributed by atoms with van der Waals surface area (Å²) >= 11 is 7.67. The molecule has 0 aliphatic carbocycles. The fourth-order valence-electron chi connectivity index (χ4n) is 1.82.